The number of nitrogens with zero attached hydrogens (tertiary/aromatic N) is 8. The molecule has 13 heteroatoms. The molecule has 224 valence electrons. The van der Waals surface area contributed by atoms with Crippen molar-refractivity contribution in [3.05, 3.63) is 39.5 Å². The molecular formula is C30H35N9O3S. The minimum absolute atomic E-state index is 0.149. The van der Waals surface area contributed by atoms with Crippen molar-refractivity contribution in [2.24, 2.45) is 7.05 Å². The van der Waals surface area contributed by atoms with E-state index in [9.17, 15) is 5.26 Å². The molecule has 7 rings (SSSR count). The molecule has 2 aliphatic carbocycles. The van der Waals surface area contributed by atoms with E-state index in [1.54, 1.807) is 26.4 Å². The van der Waals surface area contributed by atoms with E-state index in [4.69, 9.17) is 29.7 Å². The van der Waals surface area contributed by atoms with Crippen LogP contribution in [0.5, 0.6) is 5.88 Å². The van der Waals surface area contributed by atoms with Crippen LogP contribution in [0, 0.1) is 11.3 Å². The summed E-state index contributed by atoms with van der Waals surface area (Å²) in [5.74, 6) is 1.36. The Kier molecular flexibility index (Phi) is 6.95. The Morgan fingerprint density at radius 1 is 1.21 bits per heavy atom. The molecule has 12 nitrogen and oxygen atoms in total. The number of ether oxygens (including phenoxy) is 2. The van der Waals surface area contributed by atoms with Gasteiger partial charge in [0, 0.05) is 48.7 Å². The summed E-state index contributed by atoms with van der Waals surface area (Å²) in [5.41, 5.74) is 10.6. The number of nitriles is 1. The van der Waals surface area contributed by atoms with Gasteiger partial charge in [-0.1, -0.05) is 5.16 Å². The molecule has 0 bridgehead atoms. The van der Waals surface area contributed by atoms with E-state index in [1.807, 2.05) is 0 Å². The number of anilines is 1. The quantitative estimate of drug-likeness (QED) is 0.342. The summed E-state index contributed by atoms with van der Waals surface area (Å²) in [7, 11) is 5.61. The molecule has 5 heterocycles. The first-order valence-electron chi connectivity index (χ1n) is 14.8. The van der Waals surface area contributed by atoms with E-state index in [-0.39, 0.29) is 18.2 Å². The molecule has 0 unspecified atom stereocenters. The summed E-state index contributed by atoms with van der Waals surface area (Å²) >= 11 is 1.54. The minimum Gasteiger partial charge on any atom is -0.473 e. The maximum Gasteiger partial charge on any atom is 0.217 e. The number of methoxy groups -OCH3 is 1. The number of nitrogen functional groups attached to an aromatic ring is 1. The third kappa shape index (κ3) is 4.59. The summed E-state index contributed by atoms with van der Waals surface area (Å²) in [6.07, 6.45) is 8.01. The van der Waals surface area contributed by atoms with Gasteiger partial charge in [-0.25, -0.2) is 4.98 Å². The third-order valence-electron chi connectivity index (χ3n) is 9.39. The fourth-order valence-corrected chi connectivity index (χ4v) is 8.54. The van der Waals surface area contributed by atoms with Crippen LogP contribution in [0.4, 0.5) is 5.00 Å². The van der Waals surface area contributed by atoms with Gasteiger partial charge < -0.3 is 19.7 Å². The van der Waals surface area contributed by atoms with Gasteiger partial charge in [0.1, 0.15) is 28.6 Å². The maximum absolute atomic E-state index is 10.1. The SMILES string of the molecule is CO[C@@H]1C[C@@H]([C@H](C)Oc2cc(-c3cnn(C)n3)nc(-c3onc4c3CCC[C@@]43CCCc4sc(N)c(C#N)c43)n2)N(C)C1. The minimum atomic E-state index is -0.399. The number of fused-ring (bicyclic) bond motifs is 4. The monoisotopic (exact) mass is 601 g/mol. The van der Waals surface area contributed by atoms with Crippen molar-refractivity contribution in [3.8, 4) is 34.9 Å². The first-order valence-corrected chi connectivity index (χ1v) is 15.6. The zero-order valence-corrected chi connectivity index (χ0v) is 25.6. The molecule has 1 spiro atoms. The highest BCUT2D eigenvalue weighted by atomic mass is 32.1. The Morgan fingerprint density at radius 2 is 2.02 bits per heavy atom. The summed E-state index contributed by atoms with van der Waals surface area (Å²) in [6, 6.07) is 4.37. The topological polar surface area (TPSA) is 154 Å². The Balaban J connectivity index is 1.31. The van der Waals surface area contributed by atoms with Gasteiger partial charge in [0.15, 0.2) is 0 Å². The van der Waals surface area contributed by atoms with Crippen LogP contribution in [0.1, 0.15) is 66.3 Å². The number of hydrogen-bond acceptors (Lipinski definition) is 12. The highest BCUT2D eigenvalue weighted by Crippen LogP contribution is 2.54. The molecule has 0 radical (unpaired) electrons. The second-order valence-corrected chi connectivity index (χ2v) is 13.1. The van der Waals surface area contributed by atoms with E-state index in [1.165, 1.54) is 21.0 Å². The van der Waals surface area contributed by atoms with Gasteiger partial charge in [-0.3, -0.25) is 4.90 Å². The zero-order chi connectivity index (χ0) is 29.9. The van der Waals surface area contributed by atoms with Gasteiger partial charge in [0.25, 0.3) is 0 Å². The predicted molar refractivity (Wildman–Crippen MR) is 160 cm³/mol. The number of likely N-dealkylation sites (N-methyl/N-ethyl adjacent to an activating group) is 1. The summed E-state index contributed by atoms with van der Waals surface area (Å²) in [6.45, 7) is 2.91. The fraction of sp³-hybridized carbons (Fsp3) is 0.533. The standard InChI is InChI=1S/C30H35N9O3S/c1-16(22-11-17(40-4)15-38(22)2)41-24-12-20(21-14-33-39(3)36-21)34-29(35-24)26-18-7-5-9-30(27(18)37-42-26)10-6-8-23-25(30)19(13-31)28(32)43-23/h12,14,16-17,22H,5-11,15,32H2,1-4H3/t16-,17+,22-,30-/m0/s1. The molecule has 4 aromatic rings. The molecule has 0 amide bonds. The molecule has 3 aliphatic rings. The van der Waals surface area contributed by atoms with E-state index in [0.29, 0.717) is 39.4 Å². The Morgan fingerprint density at radius 3 is 2.74 bits per heavy atom. The second-order valence-electron chi connectivity index (χ2n) is 11.9. The maximum atomic E-state index is 10.1. The lowest BCUT2D eigenvalue weighted by atomic mass is 9.62. The van der Waals surface area contributed by atoms with E-state index in [0.717, 1.165) is 68.3 Å². The lowest BCUT2D eigenvalue weighted by Crippen LogP contribution is -2.38. The van der Waals surface area contributed by atoms with Crippen LogP contribution >= 0.6 is 11.3 Å². The second kappa shape index (κ2) is 10.7. The molecule has 0 aromatic carbocycles. The molecule has 43 heavy (non-hydrogen) atoms. The Bertz CT molecular complexity index is 1720. The van der Waals surface area contributed by atoms with Gasteiger partial charge in [-0.05, 0) is 64.5 Å². The van der Waals surface area contributed by atoms with Crippen molar-refractivity contribution in [2.45, 2.75) is 75.5 Å². The first kappa shape index (κ1) is 27.9. The van der Waals surface area contributed by atoms with Crippen LogP contribution in [0.2, 0.25) is 0 Å². The van der Waals surface area contributed by atoms with Crippen molar-refractivity contribution in [2.75, 3.05) is 26.4 Å². The van der Waals surface area contributed by atoms with Crippen molar-refractivity contribution in [1.29, 1.82) is 5.26 Å². The summed E-state index contributed by atoms with van der Waals surface area (Å²) < 4.78 is 18.2. The van der Waals surface area contributed by atoms with Crippen LogP contribution < -0.4 is 10.5 Å². The molecule has 1 aliphatic heterocycles. The number of likely N-dealkylation sites (tertiary alicyclic amines) is 1. The largest absolute Gasteiger partial charge is 0.473 e. The van der Waals surface area contributed by atoms with Gasteiger partial charge in [-0.2, -0.15) is 25.2 Å². The number of aryl methyl sites for hydroxylation is 2. The molecule has 4 atom stereocenters. The Labute approximate surface area is 253 Å². The normalized spacial score (nSPS) is 24.1. The highest BCUT2D eigenvalue weighted by molar-refractivity contribution is 7.16. The number of thiophene rings is 1. The van der Waals surface area contributed by atoms with E-state index >= 15 is 0 Å². The van der Waals surface area contributed by atoms with Crippen molar-refractivity contribution in [1.82, 2.24) is 35.0 Å². The average molecular weight is 602 g/mol. The summed E-state index contributed by atoms with van der Waals surface area (Å²) in [5, 5.41) is 24.1. The van der Waals surface area contributed by atoms with Crippen molar-refractivity contribution < 1.29 is 14.0 Å². The zero-order valence-electron chi connectivity index (χ0n) is 24.8. The highest BCUT2D eigenvalue weighted by Gasteiger charge is 2.48. The van der Waals surface area contributed by atoms with Gasteiger partial charge in [-0.15, -0.1) is 11.3 Å². The molecule has 4 aromatic heterocycles. The van der Waals surface area contributed by atoms with Crippen LogP contribution in [0.25, 0.3) is 23.0 Å². The van der Waals surface area contributed by atoms with Crippen LogP contribution in [-0.2, 0) is 30.0 Å². The molecule has 2 N–H and O–H groups in total. The third-order valence-corrected chi connectivity index (χ3v) is 10.5. The lowest BCUT2D eigenvalue weighted by Gasteiger charge is -2.39. The van der Waals surface area contributed by atoms with Crippen LogP contribution in [0.3, 0.4) is 0 Å². The van der Waals surface area contributed by atoms with E-state index < -0.39 is 5.41 Å². The van der Waals surface area contributed by atoms with Crippen molar-refractivity contribution >= 4 is 16.3 Å². The first-order chi connectivity index (χ1) is 20.8. The average Bonchev–Trinajstić information content (AvgIpc) is 3.78. The number of aromatic nitrogens is 6. The number of nitrogens with two attached hydrogens (primary N) is 1. The van der Waals surface area contributed by atoms with Gasteiger partial charge in [0.2, 0.25) is 17.5 Å². The molecule has 1 fully saturated rings. The van der Waals surface area contributed by atoms with Crippen LogP contribution in [0.15, 0.2) is 16.8 Å². The Hall–Kier alpha value is -3.86. The van der Waals surface area contributed by atoms with Crippen molar-refractivity contribution in [3.63, 3.8) is 0 Å². The van der Waals surface area contributed by atoms with Gasteiger partial charge >= 0.3 is 0 Å². The number of rotatable bonds is 6. The molecule has 0 saturated carbocycles. The van der Waals surface area contributed by atoms with Gasteiger partial charge in [0.05, 0.1) is 23.6 Å². The molecular weight excluding hydrogens is 566 g/mol. The number of hydrogen-bond donors (Lipinski definition) is 1. The smallest absolute Gasteiger partial charge is 0.217 e. The molecule has 1 saturated heterocycles. The van der Waals surface area contributed by atoms with E-state index in [2.05, 4.69) is 40.3 Å². The fourth-order valence-electron chi connectivity index (χ4n) is 7.38. The summed E-state index contributed by atoms with van der Waals surface area (Å²) in [4.78, 5) is 14.7. The van der Waals surface area contributed by atoms with Crippen LogP contribution in [-0.4, -0.2) is 74.0 Å². The predicted octanol–water partition coefficient (Wildman–Crippen LogP) is 3.89. The lowest BCUT2D eigenvalue weighted by molar-refractivity contribution is 0.108.